The third kappa shape index (κ3) is 4.26. The quantitative estimate of drug-likeness (QED) is 0.658. The summed E-state index contributed by atoms with van der Waals surface area (Å²) in [4.78, 5) is 20.9. The van der Waals surface area contributed by atoms with E-state index in [1.165, 1.54) is 38.5 Å². The highest BCUT2D eigenvalue weighted by Crippen LogP contribution is 2.17. The second kappa shape index (κ2) is 8.02. The summed E-state index contributed by atoms with van der Waals surface area (Å²) in [6.45, 7) is 1.44. The fourth-order valence-electron chi connectivity index (χ4n) is 3.21. The first-order chi connectivity index (χ1) is 11.3. The average Bonchev–Trinajstić information content (AvgIpc) is 2.87. The van der Waals surface area contributed by atoms with Gasteiger partial charge in [0.05, 0.1) is 11.1 Å². The smallest absolute Gasteiger partial charge is 0.253 e. The molecule has 1 fully saturated rings. The standard InChI is InChI=1S/C18H24N4O/c23-18(15-8-5-9-16-17(15)21-12-11-20-16)22-13-10-19-14-6-3-1-2-4-7-14/h5,8-9,11-12,14,19H,1-4,6-7,10,13H2,(H,22,23). The van der Waals surface area contributed by atoms with Crippen molar-refractivity contribution in [2.45, 2.75) is 44.6 Å². The molecule has 0 saturated heterocycles. The van der Waals surface area contributed by atoms with E-state index in [2.05, 4.69) is 20.6 Å². The lowest BCUT2D eigenvalue weighted by Gasteiger charge is -2.16. The molecule has 1 amide bonds. The van der Waals surface area contributed by atoms with Gasteiger partial charge >= 0.3 is 0 Å². The van der Waals surface area contributed by atoms with Crippen LogP contribution >= 0.6 is 0 Å². The molecule has 0 atom stereocenters. The van der Waals surface area contributed by atoms with Crippen LogP contribution in [0.3, 0.4) is 0 Å². The Morgan fingerprint density at radius 1 is 1.04 bits per heavy atom. The molecule has 1 aromatic heterocycles. The van der Waals surface area contributed by atoms with Gasteiger partial charge in [-0.1, -0.05) is 31.7 Å². The zero-order chi connectivity index (χ0) is 15.9. The Morgan fingerprint density at radius 2 is 1.83 bits per heavy atom. The number of fused-ring (bicyclic) bond motifs is 1. The minimum absolute atomic E-state index is 0.0845. The minimum atomic E-state index is -0.0845. The molecule has 0 aliphatic heterocycles. The molecule has 0 bridgehead atoms. The molecule has 0 radical (unpaired) electrons. The molecule has 23 heavy (non-hydrogen) atoms. The first kappa shape index (κ1) is 15.9. The molecule has 1 saturated carbocycles. The number of para-hydroxylation sites is 1. The van der Waals surface area contributed by atoms with E-state index >= 15 is 0 Å². The van der Waals surface area contributed by atoms with E-state index in [1.807, 2.05) is 12.1 Å². The van der Waals surface area contributed by atoms with Crippen LogP contribution in [0, 0.1) is 0 Å². The number of nitrogens with zero attached hydrogens (tertiary/aromatic N) is 2. The van der Waals surface area contributed by atoms with Gasteiger partial charge in [0.25, 0.3) is 5.91 Å². The number of amides is 1. The van der Waals surface area contributed by atoms with Crippen LogP contribution in [-0.4, -0.2) is 35.0 Å². The molecule has 1 aliphatic carbocycles. The lowest BCUT2D eigenvalue weighted by Crippen LogP contribution is -2.37. The first-order valence-corrected chi connectivity index (χ1v) is 8.56. The van der Waals surface area contributed by atoms with Gasteiger partial charge < -0.3 is 10.6 Å². The Bertz CT molecular complexity index is 645. The van der Waals surface area contributed by atoms with Crippen LogP contribution in [0.4, 0.5) is 0 Å². The zero-order valence-electron chi connectivity index (χ0n) is 13.4. The Labute approximate surface area is 136 Å². The van der Waals surface area contributed by atoms with Gasteiger partial charge in [-0.25, -0.2) is 0 Å². The highest BCUT2D eigenvalue weighted by molar-refractivity contribution is 6.04. The molecule has 5 heteroatoms. The summed E-state index contributed by atoms with van der Waals surface area (Å²) in [7, 11) is 0. The first-order valence-electron chi connectivity index (χ1n) is 8.56. The normalized spacial score (nSPS) is 16.2. The van der Waals surface area contributed by atoms with E-state index in [-0.39, 0.29) is 5.91 Å². The number of hydrogen-bond acceptors (Lipinski definition) is 4. The minimum Gasteiger partial charge on any atom is -0.351 e. The number of nitrogens with one attached hydrogen (secondary N) is 2. The van der Waals surface area contributed by atoms with Gasteiger partial charge in [-0.2, -0.15) is 0 Å². The predicted octanol–water partition coefficient (Wildman–Crippen LogP) is 2.67. The van der Waals surface area contributed by atoms with Crippen molar-refractivity contribution in [1.29, 1.82) is 0 Å². The average molecular weight is 312 g/mol. The van der Waals surface area contributed by atoms with Gasteiger partial charge in [-0.3, -0.25) is 14.8 Å². The van der Waals surface area contributed by atoms with E-state index in [0.717, 1.165) is 12.1 Å². The lowest BCUT2D eigenvalue weighted by molar-refractivity contribution is 0.0955. The molecule has 1 aliphatic rings. The van der Waals surface area contributed by atoms with Crippen LogP contribution in [0.1, 0.15) is 48.9 Å². The third-order valence-electron chi connectivity index (χ3n) is 4.44. The van der Waals surface area contributed by atoms with Crippen molar-refractivity contribution in [2.24, 2.45) is 0 Å². The summed E-state index contributed by atoms with van der Waals surface area (Å²) in [5, 5.41) is 6.54. The molecular formula is C18H24N4O. The highest BCUT2D eigenvalue weighted by Gasteiger charge is 2.13. The molecule has 1 heterocycles. The number of aromatic nitrogens is 2. The maximum Gasteiger partial charge on any atom is 0.253 e. The largest absolute Gasteiger partial charge is 0.351 e. The Hall–Kier alpha value is -2.01. The number of carbonyl (C=O) groups excluding carboxylic acids is 1. The number of benzene rings is 1. The van der Waals surface area contributed by atoms with E-state index in [1.54, 1.807) is 18.5 Å². The molecule has 3 rings (SSSR count). The Morgan fingerprint density at radius 3 is 2.65 bits per heavy atom. The molecule has 2 N–H and O–H groups in total. The van der Waals surface area contributed by atoms with Crippen LogP contribution in [0.15, 0.2) is 30.6 Å². The molecule has 2 aromatic rings. The van der Waals surface area contributed by atoms with Crippen molar-refractivity contribution < 1.29 is 4.79 Å². The highest BCUT2D eigenvalue weighted by atomic mass is 16.1. The molecule has 0 spiro atoms. The molecule has 5 nitrogen and oxygen atoms in total. The van der Waals surface area contributed by atoms with E-state index in [9.17, 15) is 4.79 Å². The summed E-state index contributed by atoms with van der Waals surface area (Å²) in [6.07, 6.45) is 11.1. The van der Waals surface area contributed by atoms with Crippen molar-refractivity contribution in [1.82, 2.24) is 20.6 Å². The van der Waals surface area contributed by atoms with E-state index in [4.69, 9.17) is 0 Å². The van der Waals surface area contributed by atoms with Gasteiger partial charge in [0.15, 0.2) is 0 Å². The monoisotopic (exact) mass is 312 g/mol. The topological polar surface area (TPSA) is 66.9 Å². The Balaban J connectivity index is 1.51. The van der Waals surface area contributed by atoms with E-state index in [0.29, 0.717) is 23.7 Å². The molecule has 1 aromatic carbocycles. The van der Waals surface area contributed by atoms with Crippen molar-refractivity contribution in [3.63, 3.8) is 0 Å². The molecular weight excluding hydrogens is 288 g/mol. The lowest BCUT2D eigenvalue weighted by atomic mass is 10.1. The SMILES string of the molecule is O=C(NCCNC1CCCCCC1)c1cccc2nccnc12. The maximum absolute atomic E-state index is 12.4. The van der Waals surface area contributed by atoms with Crippen LogP contribution in [0.2, 0.25) is 0 Å². The van der Waals surface area contributed by atoms with Crippen molar-refractivity contribution >= 4 is 16.9 Å². The Kier molecular flexibility index (Phi) is 5.53. The van der Waals surface area contributed by atoms with Crippen LogP contribution < -0.4 is 10.6 Å². The summed E-state index contributed by atoms with van der Waals surface area (Å²) in [6, 6.07) is 6.12. The fourth-order valence-corrected chi connectivity index (χ4v) is 3.21. The maximum atomic E-state index is 12.4. The van der Waals surface area contributed by atoms with Crippen LogP contribution in [0.25, 0.3) is 11.0 Å². The number of hydrogen-bond donors (Lipinski definition) is 2. The van der Waals surface area contributed by atoms with Crippen LogP contribution in [0.5, 0.6) is 0 Å². The van der Waals surface area contributed by atoms with Gasteiger partial charge in [0.1, 0.15) is 5.52 Å². The van der Waals surface area contributed by atoms with Gasteiger partial charge in [-0.15, -0.1) is 0 Å². The van der Waals surface area contributed by atoms with Crippen molar-refractivity contribution in [3.05, 3.63) is 36.2 Å². The van der Waals surface area contributed by atoms with E-state index < -0.39 is 0 Å². The fraction of sp³-hybridized carbons (Fsp3) is 0.500. The third-order valence-corrected chi connectivity index (χ3v) is 4.44. The number of rotatable bonds is 5. The van der Waals surface area contributed by atoms with Gasteiger partial charge in [0.2, 0.25) is 0 Å². The second-order valence-corrected chi connectivity index (χ2v) is 6.13. The summed E-state index contributed by atoms with van der Waals surface area (Å²) < 4.78 is 0. The van der Waals surface area contributed by atoms with Crippen molar-refractivity contribution in [3.8, 4) is 0 Å². The number of carbonyl (C=O) groups is 1. The zero-order valence-corrected chi connectivity index (χ0v) is 13.4. The second-order valence-electron chi connectivity index (χ2n) is 6.13. The van der Waals surface area contributed by atoms with Crippen LogP contribution in [-0.2, 0) is 0 Å². The van der Waals surface area contributed by atoms with Crippen molar-refractivity contribution in [2.75, 3.05) is 13.1 Å². The molecule has 0 unspecified atom stereocenters. The summed E-state index contributed by atoms with van der Waals surface area (Å²) in [5.74, 6) is -0.0845. The summed E-state index contributed by atoms with van der Waals surface area (Å²) >= 11 is 0. The predicted molar refractivity (Wildman–Crippen MR) is 91.4 cm³/mol. The molecule has 122 valence electrons. The van der Waals surface area contributed by atoms with Gasteiger partial charge in [-0.05, 0) is 25.0 Å². The van der Waals surface area contributed by atoms with Gasteiger partial charge in [0, 0.05) is 31.5 Å². The summed E-state index contributed by atoms with van der Waals surface area (Å²) in [5.41, 5.74) is 1.99.